The molecular formula is C30H46N8O7. The summed E-state index contributed by atoms with van der Waals surface area (Å²) in [4.78, 5) is 73.5. The number of phenols is 1. The summed E-state index contributed by atoms with van der Waals surface area (Å²) in [5, 5.41) is 30.9. The van der Waals surface area contributed by atoms with E-state index in [9.17, 15) is 34.2 Å². The van der Waals surface area contributed by atoms with Gasteiger partial charge < -0.3 is 47.8 Å². The molecule has 6 atom stereocenters. The first-order valence-corrected chi connectivity index (χ1v) is 15.3. The molecule has 248 valence electrons. The van der Waals surface area contributed by atoms with Gasteiger partial charge in [-0.2, -0.15) is 0 Å². The van der Waals surface area contributed by atoms with E-state index in [1.807, 2.05) is 13.8 Å². The van der Waals surface area contributed by atoms with Crippen molar-refractivity contribution in [2.45, 2.75) is 95.6 Å². The van der Waals surface area contributed by atoms with Crippen LogP contribution < -0.4 is 32.7 Å². The number of nitrogens with zero attached hydrogens (tertiary/aromatic N) is 2. The van der Waals surface area contributed by atoms with Crippen molar-refractivity contribution in [1.82, 2.24) is 26.2 Å². The van der Waals surface area contributed by atoms with Gasteiger partial charge in [0.15, 0.2) is 5.96 Å². The molecule has 2 saturated heterocycles. The summed E-state index contributed by atoms with van der Waals surface area (Å²) >= 11 is 0. The summed E-state index contributed by atoms with van der Waals surface area (Å²) in [7, 11) is 0. The first-order chi connectivity index (χ1) is 21.3. The topological polar surface area (TPSA) is 242 Å². The van der Waals surface area contributed by atoms with Crippen LogP contribution in [0.2, 0.25) is 0 Å². The number of carbonyl (C=O) groups excluding carboxylic acids is 5. The number of carbonyl (C=O) groups is 5. The van der Waals surface area contributed by atoms with Crippen LogP contribution in [0.4, 0.5) is 0 Å². The summed E-state index contributed by atoms with van der Waals surface area (Å²) in [6.45, 7) is 5.57. The van der Waals surface area contributed by atoms with Crippen LogP contribution in [0.1, 0.15) is 58.4 Å². The number of hydrogen-bond acceptors (Lipinski definition) is 8. The highest BCUT2D eigenvalue weighted by atomic mass is 16.3. The predicted octanol–water partition coefficient (Wildman–Crippen LogP) is -1.64. The smallest absolute Gasteiger partial charge is 0.245 e. The van der Waals surface area contributed by atoms with Crippen LogP contribution in [-0.4, -0.2) is 100 Å². The maximum absolute atomic E-state index is 13.8. The molecule has 15 nitrogen and oxygen atoms in total. The van der Waals surface area contributed by atoms with E-state index in [0.29, 0.717) is 18.4 Å². The zero-order chi connectivity index (χ0) is 33.3. The second-order valence-electron chi connectivity index (χ2n) is 12.0. The van der Waals surface area contributed by atoms with Crippen LogP contribution in [0.5, 0.6) is 5.75 Å². The summed E-state index contributed by atoms with van der Waals surface area (Å²) < 4.78 is 0. The van der Waals surface area contributed by atoms with Crippen molar-refractivity contribution in [3.8, 4) is 5.75 Å². The Morgan fingerprint density at radius 3 is 2.16 bits per heavy atom. The molecule has 2 heterocycles. The molecule has 45 heavy (non-hydrogen) atoms. The second-order valence-corrected chi connectivity index (χ2v) is 12.0. The zero-order valence-corrected chi connectivity index (χ0v) is 26.0. The van der Waals surface area contributed by atoms with Crippen LogP contribution >= 0.6 is 0 Å². The largest absolute Gasteiger partial charge is 0.508 e. The molecule has 5 amide bonds. The molecule has 1 aromatic rings. The van der Waals surface area contributed by atoms with E-state index < -0.39 is 65.8 Å². The van der Waals surface area contributed by atoms with Crippen LogP contribution in [-0.2, 0) is 30.4 Å². The van der Waals surface area contributed by atoms with Gasteiger partial charge in [-0.25, -0.2) is 0 Å². The lowest BCUT2D eigenvalue weighted by Crippen LogP contribution is -2.60. The van der Waals surface area contributed by atoms with Gasteiger partial charge in [0.1, 0.15) is 36.0 Å². The summed E-state index contributed by atoms with van der Waals surface area (Å²) in [5.74, 6) is -3.33. The van der Waals surface area contributed by atoms with Gasteiger partial charge >= 0.3 is 0 Å². The van der Waals surface area contributed by atoms with Crippen LogP contribution in [0.3, 0.4) is 0 Å². The molecule has 0 aromatic heterocycles. The Morgan fingerprint density at radius 2 is 1.53 bits per heavy atom. The normalized spacial score (nSPS) is 25.7. The van der Waals surface area contributed by atoms with Gasteiger partial charge in [0.2, 0.25) is 29.5 Å². The van der Waals surface area contributed by atoms with Crippen LogP contribution in [0.15, 0.2) is 29.3 Å². The highest BCUT2D eigenvalue weighted by molar-refractivity contribution is 5.98. The fourth-order valence-electron chi connectivity index (χ4n) is 5.51. The van der Waals surface area contributed by atoms with Crippen molar-refractivity contribution in [3.05, 3.63) is 29.8 Å². The number of aliphatic hydroxyl groups is 1. The Labute approximate surface area is 262 Å². The molecule has 10 N–H and O–H groups in total. The third-order valence-electron chi connectivity index (χ3n) is 7.81. The van der Waals surface area contributed by atoms with Crippen molar-refractivity contribution < 1.29 is 34.2 Å². The lowest BCUT2D eigenvalue weighted by atomic mass is 10.00. The first-order valence-electron chi connectivity index (χ1n) is 15.3. The molecule has 0 spiro atoms. The molecule has 0 unspecified atom stereocenters. The zero-order valence-electron chi connectivity index (χ0n) is 26.0. The number of aromatic hydroxyl groups is 1. The first kappa shape index (κ1) is 35.1. The van der Waals surface area contributed by atoms with Crippen molar-refractivity contribution >= 4 is 35.5 Å². The van der Waals surface area contributed by atoms with Crippen molar-refractivity contribution in [1.29, 1.82) is 0 Å². The quantitative estimate of drug-likeness (QED) is 0.0885. The number of amides is 5. The number of guanidine groups is 1. The van der Waals surface area contributed by atoms with E-state index in [4.69, 9.17) is 11.5 Å². The number of nitrogens with two attached hydrogens (primary N) is 2. The molecule has 3 rings (SSSR count). The Kier molecular flexibility index (Phi) is 12.5. The average Bonchev–Trinajstić information content (AvgIpc) is 3.46. The number of aliphatic hydroxyl groups excluding tert-OH is 1. The van der Waals surface area contributed by atoms with Crippen molar-refractivity contribution in [2.24, 2.45) is 22.4 Å². The van der Waals surface area contributed by atoms with Crippen molar-refractivity contribution in [3.63, 3.8) is 0 Å². The number of hydrogen-bond donors (Lipinski definition) is 8. The van der Waals surface area contributed by atoms with Gasteiger partial charge in [-0.05, 0) is 62.6 Å². The Hall–Kier alpha value is -4.40. The summed E-state index contributed by atoms with van der Waals surface area (Å²) in [5.41, 5.74) is 11.4. The Bertz CT molecular complexity index is 1250. The number of rotatable bonds is 9. The third kappa shape index (κ3) is 10.1. The SMILES string of the molecule is CC(C)C[C@H]1NC(=O)[C@H](Cc2ccc(O)cc2)NC(=O)[C@H](CCCN=C(N)N)NC(=O)[C@H]([C@H](C)O)NC(=O)[C@@H]2CCCN2C1=O. The summed E-state index contributed by atoms with van der Waals surface area (Å²) in [6, 6.07) is 0.426. The number of fused-ring (bicyclic) bond motifs is 1. The monoisotopic (exact) mass is 630 g/mol. The van der Waals surface area contributed by atoms with E-state index in [-0.39, 0.29) is 56.4 Å². The second kappa shape index (κ2) is 16.1. The standard InChI is InChI=1S/C30H46N8O7/c1-16(2)14-22-29(45)38-13-5-7-23(38)27(43)37-24(17(3)39)28(44)34-20(6-4-12-33-30(31)32)25(41)35-21(26(42)36-22)15-18-8-10-19(40)11-9-18/h8-11,16-17,20-24,39-40H,4-7,12-15H2,1-3H3,(H,34,44)(H,35,41)(H,36,42)(H,37,43)(H4,31,32,33)/t17-,20-,21-,22+,23-,24-/m0/s1. The van der Waals surface area contributed by atoms with Crippen LogP contribution in [0, 0.1) is 5.92 Å². The maximum atomic E-state index is 13.8. The molecule has 0 saturated carbocycles. The van der Waals surface area contributed by atoms with Gasteiger partial charge in [0.05, 0.1) is 6.10 Å². The Balaban J connectivity index is 2.04. The third-order valence-corrected chi connectivity index (χ3v) is 7.81. The number of benzene rings is 1. The summed E-state index contributed by atoms with van der Waals surface area (Å²) in [6.07, 6.45) is 0.169. The Morgan fingerprint density at radius 1 is 0.911 bits per heavy atom. The molecule has 2 fully saturated rings. The molecule has 2 aliphatic heterocycles. The van der Waals surface area contributed by atoms with Crippen LogP contribution in [0.25, 0.3) is 0 Å². The van der Waals surface area contributed by atoms with Gasteiger partial charge in [-0.15, -0.1) is 0 Å². The molecule has 0 radical (unpaired) electrons. The fraction of sp³-hybridized carbons (Fsp3) is 0.600. The highest BCUT2D eigenvalue weighted by Crippen LogP contribution is 2.21. The predicted molar refractivity (Wildman–Crippen MR) is 165 cm³/mol. The number of aliphatic imine (C=N–C) groups is 1. The highest BCUT2D eigenvalue weighted by Gasteiger charge is 2.41. The molecule has 1 aromatic carbocycles. The molecule has 0 aliphatic carbocycles. The number of phenolic OH excluding ortho intramolecular Hbond substituents is 1. The van der Waals surface area contributed by atoms with E-state index in [1.54, 1.807) is 12.1 Å². The van der Waals surface area contributed by atoms with E-state index in [1.165, 1.54) is 24.0 Å². The molecular weight excluding hydrogens is 584 g/mol. The minimum Gasteiger partial charge on any atom is -0.508 e. The maximum Gasteiger partial charge on any atom is 0.245 e. The van der Waals surface area contributed by atoms with Gasteiger partial charge in [-0.1, -0.05) is 26.0 Å². The minimum absolute atomic E-state index is 0.00242. The number of nitrogens with one attached hydrogen (secondary N) is 4. The molecule has 15 heteroatoms. The molecule has 2 aliphatic rings. The van der Waals surface area contributed by atoms with Gasteiger partial charge in [0, 0.05) is 19.5 Å². The lowest BCUT2D eigenvalue weighted by molar-refractivity contribution is -0.143. The van der Waals surface area contributed by atoms with E-state index in [0.717, 1.165) is 0 Å². The van der Waals surface area contributed by atoms with E-state index in [2.05, 4.69) is 26.3 Å². The van der Waals surface area contributed by atoms with Crippen molar-refractivity contribution in [2.75, 3.05) is 13.1 Å². The van der Waals surface area contributed by atoms with E-state index >= 15 is 0 Å². The average molecular weight is 631 g/mol. The van der Waals surface area contributed by atoms with Gasteiger partial charge in [-0.3, -0.25) is 29.0 Å². The molecule has 0 bridgehead atoms. The minimum atomic E-state index is -1.42. The lowest BCUT2D eigenvalue weighted by Gasteiger charge is -2.31. The fourth-order valence-corrected chi connectivity index (χ4v) is 5.51. The van der Waals surface area contributed by atoms with Gasteiger partial charge in [0.25, 0.3) is 0 Å².